The van der Waals surface area contributed by atoms with Gasteiger partial charge >= 0.3 is 5.97 Å². The first kappa shape index (κ1) is 16.0. The minimum absolute atomic E-state index is 0.00826. The highest BCUT2D eigenvalue weighted by Gasteiger charge is 2.16. The molecule has 0 aliphatic heterocycles. The van der Waals surface area contributed by atoms with E-state index in [-0.39, 0.29) is 11.3 Å². The van der Waals surface area contributed by atoms with E-state index in [2.05, 4.69) is 5.32 Å². The summed E-state index contributed by atoms with van der Waals surface area (Å²) < 4.78 is 18.3. The molecule has 0 heterocycles. The Morgan fingerprint density at radius 3 is 2.59 bits per heavy atom. The predicted molar refractivity (Wildman–Crippen MR) is 81.9 cm³/mol. The highest BCUT2D eigenvalue weighted by Crippen LogP contribution is 2.24. The first-order valence-electron chi connectivity index (χ1n) is 6.42. The van der Waals surface area contributed by atoms with Crippen LogP contribution in [0.5, 0.6) is 5.75 Å². The van der Waals surface area contributed by atoms with E-state index in [9.17, 15) is 14.0 Å². The number of nitrogens with one attached hydrogen (secondary N) is 1. The Morgan fingerprint density at radius 2 is 1.91 bits per heavy atom. The summed E-state index contributed by atoms with van der Waals surface area (Å²) in [6.45, 7) is 3.00. The van der Waals surface area contributed by atoms with Gasteiger partial charge in [-0.2, -0.15) is 0 Å². The third-order valence-corrected chi connectivity index (χ3v) is 3.12. The van der Waals surface area contributed by atoms with Crippen molar-refractivity contribution in [1.82, 2.24) is 0 Å². The molecule has 0 saturated carbocycles. The van der Waals surface area contributed by atoms with Crippen molar-refractivity contribution < 1.29 is 18.7 Å². The molecule has 0 bridgehead atoms. The van der Waals surface area contributed by atoms with Crippen LogP contribution in [0.3, 0.4) is 0 Å². The van der Waals surface area contributed by atoms with E-state index in [1.54, 1.807) is 25.1 Å². The van der Waals surface area contributed by atoms with Crippen LogP contribution in [0.25, 0.3) is 0 Å². The van der Waals surface area contributed by atoms with Gasteiger partial charge in [-0.15, -0.1) is 0 Å². The molecule has 114 valence electrons. The number of hydrogen-bond donors (Lipinski definition) is 1. The normalized spacial score (nSPS) is 10.2. The Balaban J connectivity index is 2.34. The van der Waals surface area contributed by atoms with E-state index in [0.717, 1.165) is 17.7 Å². The van der Waals surface area contributed by atoms with Crippen molar-refractivity contribution in [3.05, 3.63) is 58.4 Å². The maximum atomic E-state index is 13.4. The first-order valence-corrected chi connectivity index (χ1v) is 6.80. The number of aryl methyl sites for hydroxylation is 1. The van der Waals surface area contributed by atoms with E-state index in [1.165, 1.54) is 13.0 Å². The Bertz CT molecular complexity index is 746. The summed E-state index contributed by atoms with van der Waals surface area (Å²) in [5.74, 6) is -1.81. The summed E-state index contributed by atoms with van der Waals surface area (Å²) in [7, 11) is 0. The third-order valence-electron chi connectivity index (χ3n) is 2.89. The molecule has 0 atom stereocenters. The minimum atomic E-state index is -0.608. The SMILES string of the molecule is CC(=O)Oc1ccc(F)cc1C(=O)Nc1cc(Cl)ccc1C. The van der Waals surface area contributed by atoms with Crippen molar-refractivity contribution in [3.8, 4) is 5.75 Å². The van der Waals surface area contributed by atoms with Gasteiger partial charge in [-0.25, -0.2) is 4.39 Å². The number of amides is 1. The van der Waals surface area contributed by atoms with Gasteiger partial charge in [0.1, 0.15) is 11.6 Å². The standard InChI is InChI=1S/C16H13ClFNO3/c1-9-3-4-11(17)7-14(9)19-16(21)13-8-12(18)5-6-15(13)22-10(2)20/h3-8H,1-2H3,(H,19,21). The lowest BCUT2D eigenvalue weighted by molar-refractivity contribution is -0.131. The second-order valence-electron chi connectivity index (χ2n) is 4.65. The van der Waals surface area contributed by atoms with E-state index in [0.29, 0.717) is 10.7 Å². The highest BCUT2D eigenvalue weighted by atomic mass is 35.5. The number of hydrogen-bond acceptors (Lipinski definition) is 3. The van der Waals surface area contributed by atoms with Crippen molar-refractivity contribution in [2.75, 3.05) is 5.32 Å². The summed E-state index contributed by atoms with van der Waals surface area (Å²) in [6, 6.07) is 8.37. The third kappa shape index (κ3) is 3.83. The van der Waals surface area contributed by atoms with Gasteiger partial charge in [-0.1, -0.05) is 17.7 Å². The van der Waals surface area contributed by atoms with Crippen LogP contribution in [-0.4, -0.2) is 11.9 Å². The van der Waals surface area contributed by atoms with Crippen LogP contribution in [0.2, 0.25) is 5.02 Å². The van der Waals surface area contributed by atoms with Crippen LogP contribution in [0.1, 0.15) is 22.8 Å². The Hall–Kier alpha value is -2.40. The van der Waals surface area contributed by atoms with E-state index < -0.39 is 17.7 Å². The number of benzene rings is 2. The zero-order valence-electron chi connectivity index (χ0n) is 11.9. The number of ether oxygens (including phenoxy) is 1. The zero-order chi connectivity index (χ0) is 16.3. The zero-order valence-corrected chi connectivity index (χ0v) is 12.7. The Kier molecular flexibility index (Phi) is 4.78. The van der Waals surface area contributed by atoms with Crippen LogP contribution in [0, 0.1) is 12.7 Å². The van der Waals surface area contributed by atoms with Gasteiger partial charge in [0.05, 0.1) is 5.56 Å². The molecular weight excluding hydrogens is 309 g/mol. The quantitative estimate of drug-likeness (QED) is 0.687. The molecule has 1 N–H and O–H groups in total. The average Bonchev–Trinajstić information content (AvgIpc) is 2.44. The average molecular weight is 322 g/mol. The fourth-order valence-corrected chi connectivity index (χ4v) is 2.01. The molecule has 2 aromatic rings. The fraction of sp³-hybridized carbons (Fsp3) is 0.125. The van der Waals surface area contributed by atoms with Crippen molar-refractivity contribution in [2.45, 2.75) is 13.8 Å². The molecule has 0 aromatic heterocycles. The molecule has 0 aliphatic carbocycles. The largest absolute Gasteiger partial charge is 0.426 e. The molecule has 4 nitrogen and oxygen atoms in total. The molecule has 0 unspecified atom stereocenters. The van der Waals surface area contributed by atoms with E-state index in [4.69, 9.17) is 16.3 Å². The Morgan fingerprint density at radius 1 is 1.18 bits per heavy atom. The van der Waals surface area contributed by atoms with Crippen molar-refractivity contribution in [2.24, 2.45) is 0 Å². The number of carbonyl (C=O) groups is 2. The van der Waals surface area contributed by atoms with Crippen LogP contribution in [0.15, 0.2) is 36.4 Å². The molecular formula is C16H13ClFNO3. The molecule has 0 radical (unpaired) electrons. The number of halogens is 2. The van der Waals surface area contributed by atoms with Gasteiger partial charge in [0.2, 0.25) is 0 Å². The molecule has 22 heavy (non-hydrogen) atoms. The molecule has 2 aromatic carbocycles. The lowest BCUT2D eigenvalue weighted by atomic mass is 10.1. The number of esters is 1. The lowest BCUT2D eigenvalue weighted by Gasteiger charge is -2.11. The van der Waals surface area contributed by atoms with Crippen molar-refractivity contribution in [3.63, 3.8) is 0 Å². The van der Waals surface area contributed by atoms with E-state index in [1.807, 2.05) is 0 Å². The number of rotatable bonds is 3. The van der Waals surface area contributed by atoms with Crippen LogP contribution in [0.4, 0.5) is 10.1 Å². The predicted octanol–water partition coefficient (Wildman–Crippen LogP) is 3.97. The van der Waals surface area contributed by atoms with Crippen molar-refractivity contribution in [1.29, 1.82) is 0 Å². The van der Waals surface area contributed by atoms with Gasteiger partial charge in [0, 0.05) is 17.6 Å². The molecule has 0 saturated heterocycles. The van der Waals surface area contributed by atoms with Gasteiger partial charge in [0.25, 0.3) is 5.91 Å². The Labute approximate surface area is 131 Å². The molecule has 6 heteroatoms. The van der Waals surface area contributed by atoms with Gasteiger partial charge in [-0.3, -0.25) is 9.59 Å². The first-order chi connectivity index (χ1) is 10.4. The summed E-state index contributed by atoms with van der Waals surface area (Å²) >= 11 is 5.89. The maximum absolute atomic E-state index is 13.4. The van der Waals surface area contributed by atoms with Crippen LogP contribution < -0.4 is 10.1 Å². The topological polar surface area (TPSA) is 55.4 Å². The molecule has 0 aliphatic rings. The summed E-state index contributed by atoms with van der Waals surface area (Å²) in [4.78, 5) is 23.4. The maximum Gasteiger partial charge on any atom is 0.308 e. The smallest absolute Gasteiger partial charge is 0.308 e. The highest BCUT2D eigenvalue weighted by molar-refractivity contribution is 6.31. The van der Waals surface area contributed by atoms with E-state index >= 15 is 0 Å². The van der Waals surface area contributed by atoms with Crippen LogP contribution >= 0.6 is 11.6 Å². The molecule has 0 fully saturated rings. The van der Waals surface area contributed by atoms with Crippen LogP contribution in [-0.2, 0) is 4.79 Å². The van der Waals surface area contributed by atoms with Crippen molar-refractivity contribution >= 4 is 29.2 Å². The monoisotopic (exact) mass is 321 g/mol. The minimum Gasteiger partial charge on any atom is -0.426 e. The number of anilines is 1. The summed E-state index contributed by atoms with van der Waals surface area (Å²) in [6.07, 6.45) is 0. The lowest BCUT2D eigenvalue weighted by Crippen LogP contribution is -2.16. The van der Waals surface area contributed by atoms with Gasteiger partial charge < -0.3 is 10.1 Å². The second-order valence-corrected chi connectivity index (χ2v) is 5.08. The summed E-state index contributed by atoms with van der Waals surface area (Å²) in [5.41, 5.74) is 1.22. The van der Waals surface area contributed by atoms with Gasteiger partial charge in [-0.05, 0) is 42.8 Å². The second kappa shape index (κ2) is 6.58. The molecule has 0 spiro atoms. The van der Waals surface area contributed by atoms with Gasteiger partial charge in [0.15, 0.2) is 0 Å². The number of carbonyl (C=O) groups excluding carboxylic acids is 2. The molecule has 2 rings (SSSR count). The molecule has 1 amide bonds. The summed E-state index contributed by atoms with van der Waals surface area (Å²) in [5, 5.41) is 3.09. The fourth-order valence-electron chi connectivity index (χ4n) is 1.84.